The summed E-state index contributed by atoms with van der Waals surface area (Å²) >= 11 is 1.37. The van der Waals surface area contributed by atoms with Crippen molar-refractivity contribution in [3.63, 3.8) is 0 Å². The second kappa shape index (κ2) is 6.56. The third-order valence-electron chi connectivity index (χ3n) is 3.86. The average molecular weight is 316 g/mol. The molecule has 0 radical (unpaired) electrons. The van der Waals surface area contributed by atoms with E-state index in [9.17, 15) is 8.42 Å². The second-order valence-corrected chi connectivity index (χ2v) is 8.87. The Balaban J connectivity index is 2.11. The molecule has 1 aliphatic rings. The summed E-state index contributed by atoms with van der Waals surface area (Å²) in [4.78, 5) is 1.09. The number of hydrogen-bond acceptors (Lipinski definition) is 4. The molecular formula is C14H24N2O2S2. The van der Waals surface area contributed by atoms with Crippen LogP contribution in [-0.4, -0.2) is 21.5 Å². The number of nitrogens with one attached hydrogen (secondary N) is 2. The average Bonchev–Trinajstić information content (AvgIpc) is 2.72. The Hall–Kier alpha value is -0.430. The predicted octanol–water partition coefficient (Wildman–Crippen LogP) is 2.63. The highest BCUT2D eigenvalue weighted by Crippen LogP contribution is 2.28. The molecule has 0 bridgehead atoms. The summed E-state index contributed by atoms with van der Waals surface area (Å²) in [5.74, 6) is 0.612. The van der Waals surface area contributed by atoms with Crippen molar-refractivity contribution >= 4 is 21.4 Å². The SMILES string of the molecule is CNCc1sc(S(=O)(=O)NC2CCCC(C)C2)cc1C. The maximum atomic E-state index is 12.5. The molecule has 1 aliphatic carbocycles. The summed E-state index contributed by atoms with van der Waals surface area (Å²) in [6, 6.07) is 1.88. The van der Waals surface area contributed by atoms with Crippen LogP contribution in [0.4, 0.5) is 0 Å². The zero-order chi connectivity index (χ0) is 14.8. The number of thiophene rings is 1. The van der Waals surface area contributed by atoms with Crippen LogP contribution in [0.5, 0.6) is 0 Å². The first-order chi connectivity index (χ1) is 9.42. The molecule has 114 valence electrons. The number of rotatable bonds is 5. The fourth-order valence-electron chi connectivity index (χ4n) is 2.78. The van der Waals surface area contributed by atoms with Crippen molar-refractivity contribution in [2.24, 2.45) is 5.92 Å². The van der Waals surface area contributed by atoms with Crippen molar-refractivity contribution in [1.82, 2.24) is 10.0 Å². The fourth-order valence-corrected chi connectivity index (χ4v) is 5.68. The maximum Gasteiger partial charge on any atom is 0.250 e. The van der Waals surface area contributed by atoms with Crippen molar-refractivity contribution in [2.75, 3.05) is 7.05 Å². The Morgan fingerprint density at radius 1 is 1.40 bits per heavy atom. The van der Waals surface area contributed by atoms with Gasteiger partial charge >= 0.3 is 0 Å². The molecule has 2 atom stereocenters. The zero-order valence-corrected chi connectivity index (χ0v) is 14.0. The van der Waals surface area contributed by atoms with Crippen LogP contribution in [-0.2, 0) is 16.6 Å². The summed E-state index contributed by atoms with van der Waals surface area (Å²) in [7, 11) is -1.49. The van der Waals surface area contributed by atoms with Gasteiger partial charge in [-0.05, 0) is 44.4 Å². The van der Waals surface area contributed by atoms with E-state index in [1.807, 2.05) is 14.0 Å². The van der Waals surface area contributed by atoms with E-state index in [-0.39, 0.29) is 6.04 Å². The summed E-state index contributed by atoms with van der Waals surface area (Å²) in [6.07, 6.45) is 4.23. The lowest BCUT2D eigenvalue weighted by molar-refractivity contribution is 0.327. The van der Waals surface area contributed by atoms with E-state index in [1.165, 1.54) is 17.8 Å². The Morgan fingerprint density at radius 3 is 2.80 bits per heavy atom. The van der Waals surface area contributed by atoms with Gasteiger partial charge in [0.25, 0.3) is 0 Å². The molecule has 0 saturated heterocycles. The minimum atomic E-state index is -3.36. The quantitative estimate of drug-likeness (QED) is 0.878. The lowest BCUT2D eigenvalue weighted by Gasteiger charge is -2.26. The highest BCUT2D eigenvalue weighted by Gasteiger charge is 2.26. The topological polar surface area (TPSA) is 58.2 Å². The van der Waals surface area contributed by atoms with Crippen LogP contribution in [0.1, 0.15) is 43.0 Å². The van der Waals surface area contributed by atoms with Gasteiger partial charge in [-0.15, -0.1) is 11.3 Å². The Labute approximate surface area is 126 Å². The van der Waals surface area contributed by atoms with Gasteiger partial charge in [-0.25, -0.2) is 13.1 Å². The van der Waals surface area contributed by atoms with Crippen molar-refractivity contribution in [3.05, 3.63) is 16.5 Å². The molecule has 0 spiro atoms. The van der Waals surface area contributed by atoms with Crippen LogP contribution >= 0.6 is 11.3 Å². The van der Waals surface area contributed by atoms with Gasteiger partial charge in [-0.1, -0.05) is 19.8 Å². The minimum Gasteiger partial charge on any atom is -0.315 e. The van der Waals surface area contributed by atoms with Crippen LogP contribution in [0.25, 0.3) is 0 Å². The monoisotopic (exact) mass is 316 g/mol. The lowest BCUT2D eigenvalue weighted by Crippen LogP contribution is -2.37. The molecule has 2 unspecified atom stereocenters. The fraction of sp³-hybridized carbons (Fsp3) is 0.714. The largest absolute Gasteiger partial charge is 0.315 e. The van der Waals surface area contributed by atoms with E-state index in [4.69, 9.17) is 0 Å². The maximum absolute atomic E-state index is 12.5. The van der Waals surface area contributed by atoms with Gasteiger partial charge in [0.15, 0.2) is 0 Å². The highest BCUT2D eigenvalue weighted by atomic mass is 32.2. The van der Waals surface area contributed by atoms with Crippen LogP contribution in [0.3, 0.4) is 0 Å². The molecule has 1 aromatic heterocycles. The van der Waals surface area contributed by atoms with Crippen LogP contribution < -0.4 is 10.0 Å². The first kappa shape index (κ1) is 15.9. The molecule has 0 amide bonds. The molecular weight excluding hydrogens is 292 g/mol. The van der Waals surface area contributed by atoms with Gasteiger partial charge in [0.05, 0.1) is 0 Å². The molecule has 0 aromatic carbocycles. The van der Waals surface area contributed by atoms with Crippen molar-refractivity contribution < 1.29 is 8.42 Å². The first-order valence-electron chi connectivity index (χ1n) is 7.18. The summed E-state index contributed by atoms with van der Waals surface area (Å²) in [5.41, 5.74) is 1.04. The van der Waals surface area contributed by atoms with Gasteiger partial charge in [0.2, 0.25) is 10.0 Å². The third kappa shape index (κ3) is 3.81. The second-order valence-electron chi connectivity index (χ2n) is 5.79. The van der Waals surface area contributed by atoms with E-state index in [0.29, 0.717) is 16.7 Å². The summed E-state index contributed by atoms with van der Waals surface area (Å²) < 4.78 is 28.2. The molecule has 1 fully saturated rings. The molecule has 2 rings (SSSR count). The molecule has 6 heteroatoms. The number of aryl methyl sites for hydroxylation is 1. The van der Waals surface area contributed by atoms with Crippen molar-refractivity contribution in [3.8, 4) is 0 Å². The molecule has 1 heterocycles. The van der Waals surface area contributed by atoms with E-state index in [0.717, 1.165) is 29.7 Å². The number of hydrogen-bond donors (Lipinski definition) is 2. The lowest BCUT2D eigenvalue weighted by atomic mass is 9.88. The Kier molecular flexibility index (Phi) is 5.23. The molecule has 1 saturated carbocycles. The van der Waals surface area contributed by atoms with Gasteiger partial charge in [-0.2, -0.15) is 0 Å². The van der Waals surface area contributed by atoms with Gasteiger partial charge in [0, 0.05) is 17.5 Å². The van der Waals surface area contributed by atoms with E-state index >= 15 is 0 Å². The van der Waals surface area contributed by atoms with Crippen LogP contribution in [0.2, 0.25) is 0 Å². The Morgan fingerprint density at radius 2 is 2.15 bits per heavy atom. The molecule has 4 nitrogen and oxygen atoms in total. The molecule has 2 N–H and O–H groups in total. The molecule has 20 heavy (non-hydrogen) atoms. The van der Waals surface area contributed by atoms with Crippen LogP contribution in [0.15, 0.2) is 10.3 Å². The van der Waals surface area contributed by atoms with Crippen molar-refractivity contribution in [1.29, 1.82) is 0 Å². The predicted molar refractivity (Wildman–Crippen MR) is 83.6 cm³/mol. The normalized spacial score (nSPS) is 23.9. The standard InChI is InChI=1S/C14H24N2O2S2/c1-10-5-4-6-12(7-10)16-20(17,18)14-8-11(2)13(19-14)9-15-3/h8,10,12,15-16H,4-7,9H2,1-3H3. The molecule has 0 aliphatic heterocycles. The van der Waals surface area contributed by atoms with Crippen molar-refractivity contribution in [2.45, 2.75) is 56.3 Å². The molecule has 1 aromatic rings. The summed E-state index contributed by atoms with van der Waals surface area (Å²) in [5, 5.41) is 3.07. The zero-order valence-electron chi connectivity index (χ0n) is 12.4. The van der Waals surface area contributed by atoms with E-state index in [1.54, 1.807) is 6.07 Å². The third-order valence-corrected chi connectivity index (χ3v) is 7.09. The van der Waals surface area contributed by atoms with Gasteiger partial charge in [0.1, 0.15) is 4.21 Å². The van der Waals surface area contributed by atoms with Crippen LogP contribution in [0, 0.1) is 12.8 Å². The smallest absolute Gasteiger partial charge is 0.250 e. The van der Waals surface area contributed by atoms with E-state index < -0.39 is 10.0 Å². The Bertz CT molecular complexity index is 552. The minimum absolute atomic E-state index is 0.0962. The number of sulfonamides is 1. The highest BCUT2D eigenvalue weighted by molar-refractivity contribution is 7.91. The van der Waals surface area contributed by atoms with Gasteiger partial charge in [-0.3, -0.25) is 0 Å². The van der Waals surface area contributed by atoms with Gasteiger partial charge < -0.3 is 5.32 Å². The first-order valence-corrected chi connectivity index (χ1v) is 9.48. The van der Waals surface area contributed by atoms with E-state index in [2.05, 4.69) is 17.0 Å². The summed E-state index contributed by atoms with van der Waals surface area (Å²) in [6.45, 7) is 4.87.